The lowest BCUT2D eigenvalue weighted by Gasteiger charge is -2.33. The number of ether oxygens (including phenoxy) is 1. The maximum Gasteiger partial charge on any atom is 0.260 e. The maximum atomic E-state index is 12.8. The van der Waals surface area contributed by atoms with E-state index in [1.54, 1.807) is 23.1 Å². The highest BCUT2D eigenvalue weighted by atomic mass is 32.2. The minimum atomic E-state index is -3.63. The Hall–Kier alpha value is -2.65. The molecule has 9 heteroatoms. The van der Waals surface area contributed by atoms with Crippen LogP contribution in [0.1, 0.15) is 17.3 Å². The van der Waals surface area contributed by atoms with Gasteiger partial charge in [0.05, 0.1) is 11.5 Å². The fraction of sp³-hybridized carbons (Fsp3) is 0.333. The molecule has 0 bridgehead atoms. The molecule has 0 unspecified atom stereocenters. The number of rotatable bonds is 5. The second-order valence-corrected chi connectivity index (χ2v) is 7.99. The highest BCUT2D eigenvalue weighted by Crippen LogP contribution is 2.21. The molecule has 0 aliphatic carbocycles. The molecule has 0 radical (unpaired) electrons. The molecule has 1 aliphatic rings. The number of hydrogen-bond acceptors (Lipinski definition) is 5. The summed E-state index contributed by atoms with van der Waals surface area (Å²) in [5.41, 5.74) is 0.287. The maximum absolute atomic E-state index is 12.8. The quantitative estimate of drug-likeness (QED) is 0.557. The summed E-state index contributed by atoms with van der Waals surface area (Å²) in [6.07, 6.45) is 2.52. The van der Waals surface area contributed by atoms with Crippen molar-refractivity contribution in [3.63, 3.8) is 0 Å². The van der Waals surface area contributed by atoms with Gasteiger partial charge in [-0.3, -0.25) is 4.79 Å². The standard InChI is InChI=1S/C18H21N3O5S/c1-2-26-16-5-7-17(8-6-16)27(24,25)21-12-10-19(11-13-21)18(22)15-4-3-9-20(23)14-15/h3-9,14H,2,10-13H2,1H3. The molecule has 2 heterocycles. The molecule has 27 heavy (non-hydrogen) atoms. The third kappa shape index (κ3) is 4.20. The van der Waals surface area contributed by atoms with Crippen molar-refractivity contribution in [3.8, 4) is 5.75 Å². The number of pyridine rings is 1. The zero-order valence-electron chi connectivity index (χ0n) is 14.9. The van der Waals surface area contributed by atoms with Gasteiger partial charge in [0.15, 0.2) is 12.4 Å². The molecule has 0 atom stereocenters. The molecular weight excluding hydrogens is 370 g/mol. The summed E-state index contributed by atoms with van der Waals surface area (Å²) in [6.45, 7) is 3.30. The van der Waals surface area contributed by atoms with Crippen LogP contribution >= 0.6 is 0 Å². The zero-order chi connectivity index (χ0) is 19.4. The molecule has 1 aromatic heterocycles. The van der Waals surface area contributed by atoms with E-state index in [1.165, 1.54) is 34.9 Å². The van der Waals surface area contributed by atoms with Crippen LogP contribution < -0.4 is 9.47 Å². The number of aromatic nitrogens is 1. The van der Waals surface area contributed by atoms with Crippen LogP contribution in [0, 0.1) is 5.21 Å². The van der Waals surface area contributed by atoms with Gasteiger partial charge in [-0.2, -0.15) is 9.04 Å². The molecule has 1 aliphatic heterocycles. The number of hydrogen-bond donors (Lipinski definition) is 0. The van der Waals surface area contributed by atoms with E-state index < -0.39 is 10.0 Å². The lowest BCUT2D eigenvalue weighted by atomic mass is 10.2. The molecule has 0 N–H and O–H groups in total. The smallest absolute Gasteiger partial charge is 0.260 e. The first-order valence-corrected chi connectivity index (χ1v) is 10.1. The molecule has 144 valence electrons. The van der Waals surface area contributed by atoms with E-state index in [9.17, 15) is 18.4 Å². The molecule has 1 aromatic carbocycles. The number of sulfonamides is 1. The zero-order valence-corrected chi connectivity index (χ0v) is 15.8. The minimum Gasteiger partial charge on any atom is -0.619 e. The number of piperazine rings is 1. The van der Waals surface area contributed by atoms with E-state index in [-0.39, 0.29) is 42.5 Å². The number of carbonyl (C=O) groups is 1. The molecule has 1 saturated heterocycles. The molecule has 2 aromatic rings. The van der Waals surface area contributed by atoms with Gasteiger partial charge >= 0.3 is 0 Å². The predicted octanol–water partition coefficient (Wildman–Crippen LogP) is 0.865. The van der Waals surface area contributed by atoms with E-state index in [1.807, 2.05) is 6.92 Å². The highest BCUT2D eigenvalue weighted by Gasteiger charge is 2.30. The second-order valence-electron chi connectivity index (χ2n) is 6.05. The largest absolute Gasteiger partial charge is 0.619 e. The van der Waals surface area contributed by atoms with E-state index in [0.29, 0.717) is 17.1 Å². The minimum absolute atomic E-state index is 0.196. The van der Waals surface area contributed by atoms with E-state index in [2.05, 4.69) is 0 Å². The Labute approximate surface area is 158 Å². The molecule has 0 saturated carbocycles. The van der Waals surface area contributed by atoms with Gasteiger partial charge in [-0.25, -0.2) is 8.42 Å². The summed E-state index contributed by atoms with van der Waals surface area (Å²) in [4.78, 5) is 14.2. The summed E-state index contributed by atoms with van der Waals surface area (Å²) in [5.74, 6) is 0.337. The van der Waals surface area contributed by atoms with Crippen molar-refractivity contribution >= 4 is 15.9 Å². The Bertz CT molecular complexity index is 907. The van der Waals surface area contributed by atoms with Gasteiger partial charge in [-0.15, -0.1) is 0 Å². The normalized spacial score (nSPS) is 15.5. The van der Waals surface area contributed by atoms with Crippen molar-refractivity contribution in [1.29, 1.82) is 0 Å². The summed E-state index contributed by atoms with van der Waals surface area (Å²) in [5, 5.41) is 11.3. The Kier molecular flexibility index (Phi) is 5.62. The SMILES string of the molecule is CCOc1ccc(S(=O)(=O)N2CCN(C(=O)c3ccc[n+]([O-])c3)CC2)cc1. The number of amides is 1. The van der Waals surface area contributed by atoms with Crippen molar-refractivity contribution in [1.82, 2.24) is 9.21 Å². The molecule has 3 rings (SSSR count). The Morgan fingerprint density at radius 2 is 1.81 bits per heavy atom. The first-order chi connectivity index (χ1) is 12.9. The topological polar surface area (TPSA) is 93.9 Å². The van der Waals surface area contributed by atoms with E-state index >= 15 is 0 Å². The fourth-order valence-electron chi connectivity index (χ4n) is 2.92. The Morgan fingerprint density at radius 1 is 1.15 bits per heavy atom. The Morgan fingerprint density at radius 3 is 2.41 bits per heavy atom. The number of nitrogens with zero attached hydrogens (tertiary/aromatic N) is 3. The molecule has 0 spiro atoms. The van der Waals surface area contributed by atoms with Crippen molar-refractivity contribution < 1.29 is 22.7 Å². The van der Waals surface area contributed by atoms with Crippen LogP contribution in [0.25, 0.3) is 0 Å². The highest BCUT2D eigenvalue weighted by molar-refractivity contribution is 7.89. The van der Waals surface area contributed by atoms with Gasteiger partial charge in [0.1, 0.15) is 11.3 Å². The van der Waals surface area contributed by atoms with Crippen LogP contribution in [0.2, 0.25) is 0 Å². The summed E-state index contributed by atoms with van der Waals surface area (Å²) < 4.78 is 32.8. The summed E-state index contributed by atoms with van der Waals surface area (Å²) >= 11 is 0. The van der Waals surface area contributed by atoms with E-state index in [4.69, 9.17) is 4.74 Å². The summed E-state index contributed by atoms with van der Waals surface area (Å²) in [7, 11) is -3.63. The fourth-order valence-corrected chi connectivity index (χ4v) is 4.34. The van der Waals surface area contributed by atoms with Crippen molar-refractivity contribution in [2.75, 3.05) is 32.8 Å². The lowest BCUT2D eigenvalue weighted by molar-refractivity contribution is -0.605. The molecule has 8 nitrogen and oxygen atoms in total. The van der Waals surface area contributed by atoms with Crippen molar-refractivity contribution in [3.05, 3.63) is 59.6 Å². The van der Waals surface area contributed by atoms with Crippen LogP contribution in [0.15, 0.2) is 53.7 Å². The average Bonchev–Trinajstić information content (AvgIpc) is 2.68. The van der Waals surface area contributed by atoms with E-state index in [0.717, 1.165) is 0 Å². The van der Waals surface area contributed by atoms with Gasteiger partial charge in [-0.1, -0.05) is 0 Å². The van der Waals surface area contributed by atoms with Crippen molar-refractivity contribution in [2.24, 2.45) is 0 Å². The second kappa shape index (κ2) is 7.93. The van der Waals surface area contributed by atoms with Crippen LogP contribution in [-0.4, -0.2) is 56.3 Å². The van der Waals surface area contributed by atoms with Gasteiger partial charge in [0, 0.05) is 32.2 Å². The van der Waals surface area contributed by atoms with Crippen molar-refractivity contribution in [2.45, 2.75) is 11.8 Å². The van der Waals surface area contributed by atoms with Crippen LogP contribution in [0.3, 0.4) is 0 Å². The number of benzene rings is 1. The number of carbonyl (C=O) groups excluding carboxylic acids is 1. The third-order valence-electron chi connectivity index (χ3n) is 4.32. The lowest BCUT2D eigenvalue weighted by Crippen LogP contribution is -2.50. The third-order valence-corrected chi connectivity index (χ3v) is 6.23. The molecule has 1 fully saturated rings. The summed E-state index contributed by atoms with van der Waals surface area (Å²) in [6, 6.07) is 9.38. The van der Waals surface area contributed by atoms with Gasteiger partial charge in [0.25, 0.3) is 5.91 Å². The van der Waals surface area contributed by atoms with Gasteiger partial charge in [0.2, 0.25) is 10.0 Å². The van der Waals surface area contributed by atoms with Gasteiger partial charge < -0.3 is 14.8 Å². The van der Waals surface area contributed by atoms with Crippen LogP contribution in [-0.2, 0) is 10.0 Å². The van der Waals surface area contributed by atoms with Gasteiger partial charge in [-0.05, 0) is 37.3 Å². The average molecular weight is 391 g/mol. The first kappa shape index (κ1) is 19.1. The monoisotopic (exact) mass is 391 g/mol. The molecule has 1 amide bonds. The van der Waals surface area contributed by atoms with Crippen LogP contribution in [0.4, 0.5) is 0 Å². The Balaban J connectivity index is 1.66. The molecular formula is C18H21N3O5S. The predicted molar refractivity (Wildman–Crippen MR) is 97.7 cm³/mol. The first-order valence-electron chi connectivity index (χ1n) is 8.63. The van der Waals surface area contributed by atoms with Crippen LogP contribution in [0.5, 0.6) is 5.75 Å².